The summed E-state index contributed by atoms with van der Waals surface area (Å²) in [6, 6.07) is 0. The van der Waals surface area contributed by atoms with Gasteiger partial charge in [0.1, 0.15) is 0 Å². The van der Waals surface area contributed by atoms with Crippen LogP contribution in [0.1, 0.15) is 17.1 Å². The van der Waals surface area contributed by atoms with Crippen LogP contribution in [0.5, 0.6) is 0 Å². The number of hydrogen-bond acceptors (Lipinski definition) is 5. The Labute approximate surface area is 99.0 Å². The lowest BCUT2D eigenvalue weighted by Crippen LogP contribution is -2.31. The lowest BCUT2D eigenvalue weighted by Gasteiger charge is -2.11. The van der Waals surface area contributed by atoms with Crippen LogP contribution in [0, 0.1) is 6.92 Å². The highest BCUT2D eigenvalue weighted by atomic mass is 32.1. The number of methoxy groups -OCH3 is 1. The molecule has 0 bridgehead atoms. The molecule has 16 heavy (non-hydrogen) atoms. The van der Waals surface area contributed by atoms with Crippen molar-refractivity contribution in [3.8, 4) is 0 Å². The van der Waals surface area contributed by atoms with E-state index in [0.717, 1.165) is 10.7 Å². The fraction of sp³-hybridized carbons (Fsp3) is 0.600. The van der Waals surface area contributed by atoms with E-state index in [1.165, 1.54) is 0 Å². The molecule has 0 aromatic carbocycles. The third-order valence-corrected chi connectivity index (χ3v) is 2.96. The molecule has 0 spiro atoms. The van der Waals surface area contributed by atoms with Crippen molar-refractivity contribution < 1.29 is 9.53 Å². The minimum atomic E-state index is -0.211. The molecule has 0 fully saturated rings. The number of aryl methyl sites for hydroxylation is 1. The average molecular weight is 243 g/mol. The predicted octanol–water partition coefficient (Wildman–Crippen LogP) is 0.432. The Balaban J connectivity index is 2.30. The fourth-order valence-electron chi connectivity index (χ4n) is 1.22. The summed E-state index contributed by atoms with van der Waals surface area (Å²) in [4.78, 5) is 15.7. The van der Waals surface area contributed by atoms with Crippen molar-refractivity contribution in [2.24, 2.45) is 5.73 Å². The number of nitrogens with zero attached hydrogens (tertiary/aromatic N) is 1. The number of aromatic nitrogens is 1. The van der Waals surface area contributed by atoms with Crippen LogP contribution in [0.15, 0.2) is 5.38 Å². The predicted molar refractivity (Wildman–Crippen MR) is 63.2 cm³/mol. The minimum absolute atomic E-state index is 0.0667. The van der Waals surface area contributed by atoms with E-state index in [0.29, 0.717) is 13.1 Å². The molecule has 1 rings (SSSR count). The standard InChI is InChI=1S/C10H17N3O2S/c1-7-13-8(6-16-7)5-12-10(14)3-9(4-11)15-2/h6,9H,3-5,11H2,1-2H3,(H,12,14). The van der Waals surface area contributed by atoms with Gasteiger partial charge >= 0.3 is 0 Å². The van der Waals surface area contributed by atoms with Gasteiger partial charge in [0.15, 0.2) is 0 Å². The summed E-state index contributed by atoms with van der Waals surface area (Å²) >= 11 is 1.57. The first kappa shape index (κ1) is 13.1. The molecule has 0 aliphatic carbocycles. The van der Waals surface area contributed by atoms with Gasteiger partial charge in [0.05, 0.1) is 29.8 Å². The van der Waals surface area contributed by atoms with E-state index in [2.05, 4.69) is 10.3 Å². The molecular formula is C10H17N3O2S. The van der Waals surface area contributed by atoms with Gasteiger partial charge in [-0.2, -0.15) is 0 Å². The third-order valence-electron chi connectivity index (χ3n) is 2.14. The first-order chi connectivity index (χ1) is 7.65. The maximum Gasteiger partial charge on any atom is 0.222 e. The molecule has 90 valence electrons. The van der Waals surface area contributed by atoms with Crippen LogP contribution in [0.2, 0.25) is 0 Å². The molecule has 5 nitrogen and oxygen atoms in total. The average Bonchev–Trinajstić information content (AvgIpc) is 2.69. The van der Waals surface area contributed by atoms with E-state index < -0.39 is 0 Å². The van der Waals surface area contributed by atoms with Gasteiger partial charge < -0.3 is 15.8 Å². The van der Waals surface area contributed by atoms with E-state index in [-0.39, 0.29) is 18.4 Å². The second-order valence-electron chi connectivity index (χ2n) is 3.43. The van der Waals surface area contributed by atoms with Crippen molar-refractivity contribution in [1.82, 2.24) is 10.3 Å². The lowest BCUT2D eigenvalue weighted by atomic mass is 10.2. The first-order valence-corrected chi connectivity index (χ1v) is 5.94. The number of carbonyl (C=O) groups is 1. The summed E-state index contributed by atoms with van der Waals surface area (Å²) in [5.41, 5.74) is 6.31. The normalized spacial score (nSPS) is 12.4. The molecule has 0 saturated carbocycles. The number of thiazole rings is 1. The van der Waals surface area contributed by atoms with Crippen LogP contribution in [0.4, 0.5) is 0 Å². The number of amides is 1. The molecule has 0 aliphatic rings. The Kier molecular flexibility index (Phi) is 5.37. The van der Waals surface area contributed by atoms with Crippen LogP contribution in [0.3, 0.4) is 0 Å². The number of nitrogens with one attached hydrogen (secondary N) is 1. The zero-order chi connectivity index (χ0) is 12.0. The van der Waals surface area contributed by atoms with Crippen LogP contribution in [0.25, 0.3) is 0 Å². The van der Waals surface area contributed by atoms with Gasteiger partial charge in [-0.3, -0.25) is 4.79 Å². The van der Waals surface area contributed by atoms with Gasteiger partial charge in [0, 0.05) is 19.0 Å². The molecule has 1 aromatic heterocycles. The van der Waals surface area contributed by atoms with Gasteiger partial charge in [-0.25, -0.2) is 4.98 Å². The van der Waals surface area contributed by atoms with E-state index in [9.17, 15) is 4.79 Å². The monoisotopic (exact) mass is 243 g/mol. The van der Waals surface area contributed by atoms with Gasteiger partial charge in [0.2, 0.25) is 5.91 Å². The molecule has 0 radical (unpaired) electrons. The van der Waals surface area contributed by atoms with Crippen LogP contribution in [-0.2, 0) is 16.1 Å². The van der Waals surface area contributed by atoms with E-state index in [4.69, 9.17) is 10.5 Å². The summed E-state index contributed by atoms with van der Waals surface area (Å²) < 4.78 is 5.03. The Bertz CT molecular complexity index is 337. The molecule has 0 aliphatic heterocycles. The van der Waals surface area contributed by atoms with Crippen molar-refractivity contribution in [2.45, 2.75) is 26.0 Å². The maximum absolute atomic E-state index is 11.5. The van der Waals surface area contributed by atoms with Crippen LogP contribution < -0.4 is 11.1 Å². The Morgan fingerprint density at radius 1 is 1.75 bits per heavy atom. The molecule has 6 heteroatoms. The second-order valence-corrected chi connectivity index (χ2v) is 4.49. The quantitative estimate of drug-likeness (QED) is 0.759. The van der Waals surface area contributed by atoms with Gasteiger partial charge in [-0.1, -0.05) is 0 Å². The molecular weight excluding hydrogens is 226 g/mol. The fourth-order valence-corrected chi connectivity index (χ4v) is 1.83. The molecule has 1 aromatic rings. The maximum atomic E-state index is 11.5. The number of ether oxygens (including phenoxy) is 1. The van der Waals surface area contributed by atoms with Gasteiger partial charge in [-0.05, 0) is 6.92 Å². The Morgan fingerprint density at radius 2 is 2.50 bits per heavy atom. The highest BCUT2D eigenvalue weighted by Gasteiger charge is 2.11. The second kappa shape index (κ2) is 6.57. The number of hydrogen-bond donors (Lipinski definition) is 2. The number of carbonyl (C=O) groups excluding carboxylic acids is 1. The van der Waals surface area contributed by atoms with E-state index in [1.807, 2.05) is 12.3 Å². The van der Waals surface area contributed by atoms with E-state index >= 15 is 0 Å². The SMILES string of the molecule is COC(CN)CC(=O)NCc1csc(C)n1. The van der Waals surface area contributed by atoms with Crippen LogP contribution >= 0.6 is 11.3 Å². The zero-order valence-corrected chi connectivity index (χ0v) is 10.3. The Hall–Kier alpha value is -0.980. The summed E-state index contributed by atoms with van der Waals surface area (Å²) in [5, 5.41) is 5.72. The largest absolute Gasteiger partial charge is 0.380 e. The third kappa shape index (κ3) is 4.26. The molecule has 1 heterocycles. The first-order valence-electron chi connectivity index (χ1n) is 5.06. The summed E-state index contributed by atoms with van der Waals surface area (Å²) in [5.74, 6) is -0.0667. The molecule has 1 amide bonds. The molecule has 3 N–H and O–H groups in total. The molecule has 1 unspecified atom stereocenters. The zero-order valence-electron chi connectivity index (χ0n) is 9.53. The number of rotatable bonds is 6. The van der Waals surface area contributed by atoms with Crippen molar-refractivity contribution >= 4 is 17.2 Å². The van der Waals surface area contributed by atoms with Crippen molar-refractivity contribution in [3.05, 3.63) is 16.1 Å². The smallest absolute Gasteiger partial charge is 0.222 e. The summed E-state index contributed by atoms with van der Waals surface area (Å²) in [6.07, 6.45) is 0.0769. The highest BCUT2D eigenvalue weighted by molar-refractivity contribution is 7.09. The topological polar surface area (TPSA) is 77.2 Å². The lowest BCUT2D eigenvalue weighted by molar-refractivity contribution is -0.123. The summed E-state index contributed by atoms with van der Waals surface area (Å²) in [6.45, 7) is 2.75. The highest BCUT2D eigenvalue weighted by Crippen LogP contribution is 2.07. The van der Waals surface area contributed by atoms with Crippen molar-refractivity contribution in [1.29, 1.82) is 0 Å². The number of nitrogens with two attached hydrogens (primary N) is 1. The van der Waals surface area contributed by atoms with Crippen molar-refractivity contribution in [2.75, 3.05) is 13.7 Å². The van der Waals surface area contributed by atoms with Gasteiger partial charge in [-0.15, -0.1) is 11.3 Å². The summed E-state index contributed by atoms with van der Waals surface area (Å²) in [7, 11) is 1.55. The Morgan fingerprint density at radius 3 is 3.00 bits per heavy atom. The molecule has 0 saturated heterocycles. The molecule has 1 atom stereocenters. The van der Waals surface area contributed by atoms with E-state index in [1.54, 1.807) is 18.4 Å². The van der Waals surface area contributed by atoms with Crippen LogP contribution in [-0.4, -0.2) is 30.6 Å². The minimum Gasteiger partial charge on any atom is -0.380 e. The van der Waals surface area contributed by atoms with Gasteiger partial charge in [0.25, 0.3) is 0 Å². The van der Waals surface area contributed by atoms with Crippen molar-refractivity contribution in [3.63, 3.8) is 0 Å².